The molecule has 5 heteroatoms. The zero-order valence-electron chi connectivity index (χ0n) is 8.05. The molecule has 0 bridgehead atoms. The third kappa shape index (κ3) is 2.34. The molecule has 0 amide bonds. The molecule has 2 heterocycles. The number of hydrogen-bond donors (Lipinski definition) is 1. The molecule has 2 atom stereocenters. The highest BCUT2D eigenvalue weighted by Gasteiger charge is 2.41. The number of halogens is 3. The monoisotopic (exact) mass is 219 g/mol. The topological polar surface area (TPSA) is 25.2 Å². The lowest BCUT2D eigenvalue weighted by atomic mass is 9.93. The zero-order valence-corrected chi connectivity index (χ0v) is 8.05. The van der Waals surface area contributed by atoms with E-state index >= 15 is 0 Å². The first-order valence-corrected chi connectivity index (χ1v) is 4.91. The average Bonchev–Trinajstić information content (AvgIpc) is 2.69. The lowest BCUT2D eigenvalue weighted by molar-refractivity contribution is -0.179. The van der Waals surface area contributed by atoms with Gasteiger partial charge in [0, 0.05) is 6.54 Å². The summed E-state index contributed by atoms with van der Waals surface area (Å²) in [7, 11) is 0. The van der Waals surface area contributed by atoms with Crippen LogP contribution in [0.25, 0.3) is 0 Å². The largest absolute Gasteiger partial charge is 0.468 e. The summed E-state index contributed by atoms with van der Waals surface area (Å²) < 4.78 is 42.2. The molecule has 1 aromatic rings. The van der Waals surface area contributed by atoms with Gasteiger partial charge in [-0.25, -0.2) is 0 Å². The lowest BCUT2D eigenvalue weighted by Gasteiger charge is -2.29. The maximum absolute atomic E-state index is 12.3. The Morgan fingerprint density at radius 3 is 2.60 bits per heavy atom. The van der Waals surface area contributed by atoms with E-state index in [9.17, 15) is 13.2 Å². The van der Waals surface area contributed by atoms with Crippen LogP contribution in [0.1, 0.15) is 24.6 Å². The fourth-order valence-electron chi connectivity index (χ4n) is 1.87. The molecule has 15 heavy (non-hydrogen) atoms. The van der Waals surface area contributed by atoms with Crippen molar-refractivity contribution in [3.63, 3.8) is 0 Å². The molecule has 2 nitrogen and oxygen atoms in total. The molecule has 1 aromatic heterocycles. The molecule has 0 aliphatic carbocycles. The SMILES string of the molecule is FC(F)(F)C1CCC(c2ccco2)NC1. The van der Waals surface area contributed by atoms with Gasteiger partial charge in [0.15, 0.2) is 0 Å². The maximum atomic E-state index is 12.3. The third-order valence-corrected chi connectivity index (χ3v) is 2.76. The Morgan fingerprint density at radius 1 is 1.33 bits per heavy atom. The molecule has 1 fully saturated rings. The quantitative estimate of drug-likeness (QED) is 0.785. The van der Waals surface area contributed by atoms with Crippen molar-refractivity contribution in [3.8, 4) is 0 Å². The van der Waals surface area contributed by atoms with Crippen molar-refractivity contribution < 1.29 is 17.6 Å². The molecule has 0 radical (unpaired) electrons. The van der Waals surface area contributed by atoms with Crippen molar-refractivity contribution in [2.75, 3.05) is 6.54 Å². The third-order valence-electron chi connectivity index (χ3n) is 2.76. The van der Waals surface area contributed by atoms with Gasteiger partial charge in [-0.15, -0.1) is 0 Å². The van der Waals surface area contributed by atoms with Crippen LogP contribution in [0, 0.1) is 5.92 Å². The molecule has 1 N–H and O–H groups in total. The van der Waals surface area contributed by atoms with Crippen LogP contribution in [-0.4, -0.2) is 12.7 Å². The summed E-state index contributed by atoms with van der Waals surface area (Å²) in [5.74, 6) is -0.501. The molecule has 0 saturated carbocycles. The van der Waals surface area contributed by atoms with Crippen molar-refractivity contribution in [2.24, 2.45) is 5.92 Å². The molecule has 2 rings (SSSR count). The van der Waals surface area contributed by atoms with Crippen LogP contribution in [0.3, 0.4) is 0 Å². The normalized spacial score (nSPS) is 27.9. The van der Waals surface area contributed by atoms with E-state index in [1.165, 1.54) is 6.26 Å². The van der Waals surface area contributed by atoms with Gasteiger partial charge in [0.1, 0.15) is 5.76 Å². The van der Waals surface area contributed by atoms with Crippen molar-refractivity contribution in [3.05, 3.63) is 24.2 Å². The molecule has 1 saturated heterocycles. The fourth-order valence-corrected chi connectivity index (χ4v) is 1.87. The number of alkyl halides is 3. The first-order valence-electron chi connectivity index (χ1n) is 4.91. The van der Waals surface area contributed by atoms with Gasteiger partial charge in [0.25, 0.3) is 0 Å². The molecule has 1 aliphatic rings. The molecule has 0 spiro atoms. The first-order chi connectivity index (χ1) is 7.07. The van der Waals surface area contributed by atoms with Gasteiger partial charge < -0.3 is 9.73 Å². The minimum Gasteiger partial charge on any atom is -0.468 e. The highest BCUT2D eigenvalue weighted by atomic mass is 19.4. The molecule has 1 aliphatic heterocycles. The Hall–Kier alpha value is -0.970. The highest BCUT2D eigenvalue weighted by molar-refractivity contribution is 5.05. The summed E-state index contributed by atoms with van der Waals surface area (Å²) >= 11 is 0. The fraction of sp³-hybridized carbons (Fsp3) is 0.600. The Balaban J connectivity index is 1.93. The van der Waals surface area contributed by atoms with E-state index in [2.05, 4.69) is 5.32 Å². The van der Waals surface area contributed by atoms with Crippen LogP contribution in [0.5, 0.6) is 0 Å². The van der Waals surface area contributed by atoms with Crippen LogP contribution >= 0.6 is 0 Å². The molecule has 84 valence electrons. The average molecular weight is 219 g/mol. The Labute approximate surface area is 85.5 Å². The van der Waals surface area contributed by atoms with Crippen molar-refractivity contribution in [2.45, 2.75) is 25.1 Å². The van der Waals surface area contributed by atoms with Crippen molar-refractivity contribution in [1.82, 2.24) is 5.32 Å². The van der Waals surface area contributed by atoms with E-state index in [0.717, 1.165) is 5.76 Å². The van der Waals surface area contributed by atoms with E-state index < -0.39 is 12.1 Å². The van der Waals surface area contributed by atoms with Crippen LogP contribution in [0.2, 0.25) is 0 Å². The predicted molar refractivity (Wildman–Crippen MR) is 48.2 cm³/mol. The van der Waals surface area contributed by atoms with Crippen molar-refractivity contribution in [1.29, 1.82) is 0 Å². The van der Waals surface area contributed by atoms with Gasteiger partial charge >= 0.3 is 6.18 Å². The summed E-state index contributed by atoms with van der Waals surface area (Å²) in [4.78, 5) is 0. The number of furan rings is 1. The Morgan fingerprint density at radius 2 is 2.13 bits per heavy atom. The summed E-state index contributed by atoms with van der Waals surface area (Å²) in [5.41, 5.74) is 0. The summed E-state index contributed by atoms with van der Waals surface area (Å²) in [6.45, 7) is -0.0190. The van der Waals surface area contributed by atoms with E-state index in [0.29, 0.717) is 6.42 Å². The molecular weight excluding hydrogens is 207 g/mol. The van der Waals surface area contributed by atoms with E-state index in [4.69, 9.17) is 4.42 Å². The standard InChI is InChI=1S/C10H12F3NO/c11-10(12,13)7-3-4-8(14-6-7)9-2-1-5-15-9/h1-2,5,7-8,14H,3-4,6H2. The second-order valence-corrected chi connectivity index (χ2v) is 3.79. The minimum atomic E-state index is -4.08. The van der Waals surface area contributed by atoms with Crippen LogP contribution in [-0.2, 0) is 0 Å². The summed E-state index contributed by atoms with van der Waals surface area (Å²) in [5, 5.41) is 2.86. The smallest absolute Gasteiger partial charge is 0.393 e. The van der Waals surface area contributed by atoms with Crippen LogP contribution < -0.4 is 5.32 Å². The number of piperidine rings is 1. The lowest BCUT2D eigenvalue weighted by Crippen LogP contribution is -2.40. The second-order valence-electron chi connectivity index (χ2n) is 3.79. The van der Waals surface area contributed by atoms with Gasteiger partial charge in [-0.1, -0.05) is 0 Å². The maximum Gasteiger partial charge on any atom is 0.393 e. The van der Waals surface area contributed by atoms with Crippen molar-refractivity contribution >= 4 is 0 Å². The van der Waals surface area contributed by atoms with Gasteiger partial charge in [-0.2, -0.15) is 13.2 Å². The second kappa shape index (κ2) is 3.89. The Kier molecular flexibility index (Phi) is 2.73. The van der Waals surface area contributed by atoms with Gasteiger partial charge in [-0.3, -0.25) is 0 Å². The zero-order chi connectivity index (χ0) is 10.9. The van der Waals surface area contributed by atoms with Gasteiger partial charge in [0.05, 0.1) is 18.2 Å². The highest BCUT2D eigenvalue weighted by Crippen LogP contribution is 2.35. The predicted octanol–water partition coefficient (Wildman–Crippen LogP) is 2.88. The van der Waals surface area contributed by atoms with Gasteiger partial charge in [0.2, 0.25) is 0 Å². The number of rotatable bonds is 1. The summed E-state index contributed by atoms with van der Waals surface area (Å²) in [6.07, 6.45) is -1.91. The van der Waals surface area contributed by atoms with Crippen LogP contribution in [0.15, 0.2) is 22.8 Å². The molecule has 0 aromatic carbocycles. The number of nitrogens with one attached hydrogen (secondary N) is 1. The van der Waals surface area contributed by atoms with Crippen LogP contribution in [0.4, 0.5) is 13.2 Å². The summed E-state index contributed by atoms with van der Waals surface area (Å²) in [6, 6.07) is 3.46. The van der Waals surface area contributed by atoms with E-state index in [-0.39, 0.29) is 19.0 Å². The van der Waals surface area contributed by atoms with E-state index in [1.807, 2.05) is 0 Å². The number of hydrogen-bond acceptors (Lipinski definition) is 2. The first kappa shape index (κ1) is 10.5. The molecule has 2 unspecified atom stereocenters. The minimum absolute atomic E-state index is 0.0190. The van der Waals surface area contributed by atoms with Gasteiger partial charge in [-0.05, 0) is 25.0 Å². The molecular formula is C10H12F3NO. The van der Waals surface area contributed by atoms with E-state index in [1.54, 1.807) is 12.1 Å². The Bertz CT molecular complexity index is 299.